The summed E-state index contributed by atoms with van der Waals surface area (Å²) in [5.41, 5.74) is 2.76. The van der Waals surface area contributed by atoms with Crippen LogP contribution in [-0.4, -0.2) is 52.0 Å². The standard InChI is InChI=1S/C21H20N6O3/c1-14-19(16-4-2-15(12-22)3-5-16)20(28)27(25-14)18-7-6-17(13-23-18)24-21(29)26-8-10-30-11-9-26/h2-7,13,25H,8-11H2,1H3,(H,24,29). The van der Waals surface area contributed by atoms with Gasteiger partial charge in [-0.2, -0.15) is 5.26 Å². The number of ether oxygens (including phenoxy) is 1. The number of hydrogen-bond donors (Lipinski definition) is 2. The first kappa shape index (κ1) is 19.4. The van der Waals surface area contributed by atoms with Crippen LogP contribution in [0, 0.1) is 18.3 Å². The number of amides is 2. The number of nitriles is 1. The van der Waals surface area contributed by atoms with Gasteiger partial charge < -0.3 is 15.0 Å². The van der Waals surface area contributed by atoms with Crippen molar-refractivity contribution in [3.63, 3.8) is 0 Å². The number of hydrogen-bond acceptors (Lipinski definition) is 5. The average Bonchev–Trinajstić information content (AvgIpc) is 3.09. The highest BCUT2D eigenvalue weighted by Crippen LogP contribution is 2.20. The fraction of sp³-hybridized carbons (Fsp3) is 0.238. The quantitative estimate of drug-likeness (QED) is 0.695. The maximum Gasteiger partial charge on any atom is 0.322 e. The van der Waals surface area contributed by atoms with Gasteiger partial charge in [-0.25, -0.2) is 14.5 Å². The lowest BCUT2D eigenvalue weighted by atomic mass is 10.1. The predicted molar refractivity (Wildman–Crippen MR) is 110 cm³/mol. The summed E-state index contributed by atoms with van der Waals surface area (Å²) in [5, 5.41) is 14.8. The zero-order valence-electron chi connectivity index (χ0n) is 16.4. The SMILES string of the molecule is Cc1[nH]n(-c2ccc(NC(=O)N3CCOCC3)cn2)c(=O)c1-c1ccc(C#N)cc1. The van der Waals surface area contributed by atoms with E-state index in [1.165, 1.54) is 10.9 Å². The summed E-state index contributed by atoms with van der Waals surface area (Å²) >= 11 is 0. The minimum absolute atomic E-state index is 0.205. The third-order valence-corrected chi connectivity index (χ3v) is 4.90. The number of aromatic amines is 1. The van der Waals surface area contributed by atoms with Crippen molar-refractivity contribution in [3.05, 3.63) is 64.2 Å². The highest BCUT2D eigenvalue weighted by atomic mass is 16.5. The van der Waals surface area contributed by atoms with Gasteiger partial charge in [0, 0.05) is 18.8 Å². The number of nitrogens with one attached hydrogen (secondary N) is 2. The summed E-state index contributed by atoms with van der Waals surface area (Å²) in [5.74, 6) is 0.410. The molecular weight excluding hydrogens is 384 g/mol. The second-order valence-electron chi connectivity index (χ2n) is 6.88. The van der Waals surface area contributed by atoms with Gasteiger partial charge >= 0.3 is 6.03 Å². The van der Waals surface area contributed by atoms with Crippen LogP contribution in [0.1, 0.15) is 11.3 Å². The van der Waals surface area contributed by atoms with Gasteiger partial charge in [-0.05, 0) is 36.8 Å². The normalized spacial score (nSPS) is 13.7. The number of pyridine rings is 1. The van der Waals surface area contributed by atoms with Crippen LogP contribution in [0.3, 0.4) is 0 Å². The minimum atomic E-state index is -0.241. The van der Waals surface area contributed by atoms with Gasteiger partial charge in [0.2, 0.25) is 0 Å². The number of morpholine rings is 1. The van der Waals surface area contributed by atoms with Crippen LogP contribution < -0.4 is 10.9 Å². The van der Waals surface area contributed by atoms with Crippen molar-refractivity contribution >= 4 is 11.7 Å². The minimum Gasteiger partial charge on any atom is -0.378 e. The average molecular weight is 404 g/mol. The Morgan fingerprint density at radius 1 is 1.20 bits per heavy atom. The number of benzene rings is 1. The Morgan fingerprint density at radius 3 is 2.57 bits per heavy atom. The van der Waals surface area contributed by atoms with Gasteiger partial charge in [-0.1, -0.05) is 12.1 Å². The van der Waals surface area contributed by atoms with Crippen LogP contribution in [-0.2, 0) is 4.74 Å². The third kappa shape index (κ3) is 3.81. The molecule has 2 amide bonds. The molecular formula is C21H20N6O3. The van der Waals surface area contributed by atoms with E-state index in [1.54, 1.807) is 41.3 Å². The van der Waals surface area contributed by atoms with E-state index in [0.29, 0.717) is 54.6 Å². The molecule has 1 saturated heterocycles. The molecule has 9 nitrogen and oxygen atoms in total. The molecule has 4 rings (SSSR count). The van der Waals surface area contributed by atoms with E-state index in [1.807, 2.05) is 6.92 Å². The van der Waals surface area contributed by atoms with Gasteiger partial charge in [0.25, 0.3) is 5.56 Å². The number of anilines is 1. The molecule has 152 valence electrons. The van der Waals surface area contributed by atoms with E-state index in [2.05, 4.69) is 21.5 Å². The number of nitrogens with zero attached hydrogens (tertiary/aromatic N) is 4. The van der Waals surface area contributed by atoms with Gasteiger partial charge in [0.05, 0.1) is 42.3 Å². The molecule has 0 unspecified atom stereocenters. The maximum absolute atomic E-state index is 13.0. The van der Waals surface area contributed by atoms with Gasteiger partial charge in [-0.3, -0.25) is 9.89 Å². The van der Waals surface area contributed by atoms with E-state index < -0.39 is 0 Å². The molecule has 3 aromatic rings. The lowest BCUT2D eigenvalue weighted by Gasteiger charge is -2.26. The molecule has 3 heterocycles. The zero-order valence-corrected chi connectivity index (χ0v) is 16.4. The van der Waals surface area contributed by atoms with E-state index in [4.69, 9.17) is 10.00 Å². The largest absolute Gasteiger partial charge is 0.378 e. The molecule has 1 aliphatic heterocycles. The number of carbonyl (C=O) groups excluding carboxylic acids is 1. The van der Waals surface area contributed by atoms with Crippen molar-refractivity contribution in [2.75, 3.05) is 31.6 Å². The number of aromatic nitrogens is 3. The monoisotopic (exact) mass is 404 g/mol. The second-order valence-corrected chi connectivity index (χ2v) is 6.88. The first-order valence-corrected chi connectivity index (χ1v) is 9.49. The van der Waals surface area contributed by atoms with E-state index >= 15 is 0 Å². The Balaban J connectivity index is 1.55. The summed E-state index contributed by atoms with van der Waals surface area (Å²) in [7, 11) is 0. The molecule has 2 N–H and O–H groups in total. The van der Waals surface area contributed by atoms with E-state index in [-0.39, 0.29) is 11.6 Å². The van der Waals surface area contributed by atoms with Crippen LogP contribution >= 0.6 is 0 Å². The van der Waals surface area contributed by atoms with Crippen molar-refractivity contribution in [2.45, 2.75) is 6.92 Å². The van der Waals surface area contributed by atoms with Gasteiger partial charge in [-0.15, -0.1) is 0 Å². The summed E-state index contributed by atoms with van der Waals surface area (Å²) in [6, 6.07) is 12.1. The number of carbonyl (C=O) groups is 1. The third-order valence-electron chi connectivity index (χ3n) is 4.90. The predicted octanol–water partition coefficient (Wildman–Crippen LogP) is 2.27. The first-order chi connectivity index (χ1) is 14.6. The van der Waals surface area contributed by atoms with Crippen molar-refractivity contribution < 1.29 is 9.53 Å². The fourth-order valence-corrected chi connectivity index (χ4v) is 3.32. The Kier molecular flexibility index (Phi) is 5.32. The Hall–Kier alpha value is -3.90. The molecule has 1 aliphatic rings. The van der Waals surface area contributed by atoms with E-state index in [9.17, 15) is 9.59 Å². The first-order valence-electron chi connectivity index (χ1n) is 9.49. The molecule has 9 heteroatoms. The molecule has 1 aromatic carbocycles. The highest BCUT2D eigenvalue weighted by molar-refractivity contribution is 5.89. The molecule has 0 aliphatic carbocycles. The van der Waals surface area contributed by atoms with Crippen molar-refractivity contribution in [1.29, 1.82) is 5.26 Å². The summed E-state index contributed by atoms with van der Waals surface area (Å²) in [6.45, 7) is 3.96. The van der Waals surface area contributed by atoms with Crippen LogP contribution in [0.25, 0.3) is 16.9 Å². The number of urea groups is 1. The van der Waals surface area contributed by atoms with Crippen molar-refractivity contribution in [2.24, 2.45) is 0 Å². The molecule has 1 fully saturated rings. The van der Waals surface area contributed by atoms with Gasteiger partial charge in [0.1, 0.15) is 0 Å². The van der Waals surface area contributed by atoms with Crippen LogP contribution in [0.4, 0.5) is 10.5 Å². The van der Waals surface area contributed by atoms with E-state index in [0.717, 1.165) is 5.56 Å². The maximum atomic E-state index is 13.0. The molecule has 0 saturated carbocycles. The molecule has 0 spiro atoms. The Bertz CT molecular complexity index is 1150. The smallest absolute Gasteiger partial charge is 0.322 e. The number of H-pyrrole nitrogens is 1. The number of rotatable bonds is 3. The summed E-state index contributed by atoms with van der Waals surface area (Å²) in [6.07, 6.45) is 1.51. The van der Waals surface area contributed by atoms with Crippen molar-refractivity contribution in [3.8, 4) is 23.0 Å². The molecule has 0 bridgehead atoms. The molecule has 0 atom stereocenters. The van der Waals surface area contributed by atoms with Gasteiger partial charge in [0.15, 0.2) is 5.82 Å². The lowest BCUT2D eigenvalue weighted by Crippen LogP contribution is -2.43. The lowest BCUT2D eigenvalue weighted by molar-refractivity contribution is 0.0564. The molecule has 30 heavy (non-hydrogen) atoms. The van der Waals surface area contributed by atoms with Crippen LogP contribution in [0.15, 0.2) is 47.4 Å². The number of aryl methyl sites for hydroxylation is 1. The Labute approximate surface area is 172 Å². The summed E-state index contributed by atoms with van der Waals surface area (Å²) in [4.78, 5) is 31.2. The van der Waals surface area contributed by atoms with Crippen molar-refractivity contribution in [1.82, 2.24) is 19.7 Å². The fourth-order valence-electron chi connectivity index (χ4n) is 3.32. The molecule has 2 aromatic heterocycles. The molecule has 0 radical (unpaired) electrons. The highest BCUT2D eigenvalue weighted by Gasteiger charge is 2.18. The topological polar surface area (TPSA) is 116 Å². The van der Waals surface area contributed by atoms with Crippen LogP contribution in [0.5, 0.6) is 0 Å². The summed E-state index contributed by atoms with van der Waals surface area (Å²) < 4.78 is 6.60. The zero-order chi connectivity index (χ0) is 21.1. The van der Waals surface area contributed by atoms with Crippen LogP contribution in [0.2, 0.25) is 0 Å². The second kappa shape index (κ2) is 8.23. The Morgan fingerprint density at radius 2 is 1.93 bits per heavy atom.